The molecule has 70 valence electrons. The van der Waals surface area contributed by atoms with Gasteiger partial charge in [0, 0.05) is 6.20 Å². The van der Waals surface area contributed by atoms with Crippen LogP contribution in [0.1, 0.15) is 0 Å². The first-order chi connectivity index (χ1) is 6.33. The summed E-state index contributed by atoms with van der Waals surface area (Å²) in [6.45, 7) is -0.188. The van der Waals surface area contributed by atoms with Gasteiger partial charge < -0.3 is 9.84 Å². The number of pyridine rings is 1. The maximum absolute atomic E-state index is 10.9. The van der Waals surface area contributed by atoms with Crippen LogP contribution in [0, 0.1) is 0 Å². The van der Waals surface area contributed by atoms with E-state index < -0.39 is 6.09 Å². The highest BCUT2D eigenvalue weighted by Gasteiger charge is 2.00. The first-order valence-corrected chi connectivity index (χ1v) is 3.77. The Balaban J connectivity index is 2.37. The second-order valence-electron chi connectivity index (χ2n) is 2.23. The molecule has 0 aliphatic carbocycles. The van der Waals surface area contributed by atoms with Gasteiger partial charge in [0.2, 0.25) is 0 Å². The van der Waals surface area contributed by atoms with Crippen molar-refractivity contribution in [3.05, 3.63) is 24.5 Å². The maximum atomic E-state index is 10.9. The van der Waals surface area contributed by atoms with E-state index in [1.807, 2.05) is 0 Å². The van der Waals surface area contributed by atoms with Crippen molar-refractivity contribution in [2.24, 2.45) is 0 Å². The summed E-state index contributed by atoms with van der Waals surface area (Å²) in [4.78, 5) is 14.7. The van der Waals surface area contributed by atoms with Crippen LogP contribution in [0.3, 0.4) is 0 Å². The first kappa shape index (κ1) is 9.47. The lowest BCUT2D eigenvalue weighted by molar-refractivity contribution is 0.131. The summed E-state index contributed by atoms with van der Waals surface area (Å²) in [5, 5.41) is 10.8. The van der Waals surface area contributed by atoms with E-state index in [9.17, 15) is 4.79 Å². The van der Waals surface area contributed by atoms with Crippen LogP contribution in [0.4, 0.5) is 10.5 Å². The molecule has 1 heterocycles. The van der Waals surface area contributed by atoms with E-state index in [4.69, 9.17) is 5.11 Å². The molecule has 0 saturated heterocycles. The number of aliphatic hydroxyl groups is 1. The number of anilines is 1. The van der Waals surface area contributed by atoms with Crippen LogP contribution >= 0.6 is 0 Å². The Morgan fingerprint density at radius 2 is 2.54 bits per heavy atom. The van der Waals surface area contributed by atoms with Gasteiger partial charge in [-0.15, -0.1) is 0 Å². The van der Waals surface area contributed by atoms with E-state index in [0.717, 1.165) is 0 Å². The van der Waals surface area contributed by atoms with E-state index in [-0.39, 0.29) is 13.2 Å². The fourth-order valence-corrected chi connectivity index (χ4v) is 0.729. The zero-order valence-corrected chi connectivity index (χ0v) is 6.93. The summed E-state index contributed by atoms with van der Waals surface area (Å²) in [6, 6.07) is 3.38. The van der Waals surface area contributed by atoms with Crippen molar-refractivity contribution in [2.75, 3.05) is 18.5 Å². The highest BCUT2D eigenvalue weighted by Crippen LogP contribution is 2.02. The van der Waals surface area contributed by atoms with Crippen LogP contribution in [0.25, 0.3) is 0 Å². The summed E-state index contributed by atoms with van der Waals surface area (Å²) < 4.78 is 4.57. The maximum Gasteiger partial charge on any atom is 0.411 e. The number of amides is 1. The average molecular weight is 182 g/mol. The standard InChI is InChI=1S/C8H10N2O3/c11-4-5-13-8(12)10-7-2-1-3-9-6-7/h1-3,6,11H,4-5H2,(H,10,12). The third-order valence-electron chi connectivity index (χ3n) is 1.23. The number of hydrogen-bond acceptors (Lipinski definition) is 4. The second-order valence-corrected chi connectivity index (χ2v) is 2.23. The van der Waals surface area contributed by atoms with Gasteiger partial charge in [-0.1, -0.05) is 0 Å². The molecule has 2 N–H and O–H groups in total. The predicted octanol–water partition coefficient (Wildman–Crippen LogP) is 0.622. The third kappa shape index (κ3) is 3.53. The lowest BCUT2D eigenvalue weighted by atomic mass is 10.4. The topological polar surface area (TPSA) is 71.5 Å². The monoisotopic (exact) mass is 182 g/mol. The SMILES string of the molecule is O=C(Nc1cccnc1)OCCO. The van der Waals surface area contributed by atoms with Crippen LogP contribution in [0.5, 0.6) is 0 Å². The molecular weight excluding hydrogens is 172 g/mol. The molecule has 0 saturated carbocycles. The Labute approximate surface area is 75.4 Å². The number of aromatic nitrogens is 1. The molecule has 0 unspecified atom stereocenters. The first-order valence-electron chi connectivity index (χ1n) is 3.77. The smallest absolute Gasteiger partial charge is 0.411 e. The zero-order valence-electron chi connectivity index (χ0n) is 6.93. The van der Waals surface area contributed by atoms with Crippen LogP contribution in [-0.2, 0) is 4.74 Å². The predicted molar refractivity (Wildman–Crippen MR) is 46.3 cm³/mol. The molecule has 0 aliphatic heterocycles. The summed E-state index contributed by atoms with van der Waals surface area (Å²) in [5.74, 6) is 0. The highest BCUT2D eigenvalue weighted by atomic mass is 16.6. The van der Waals surface area contributed by atoms with Gasteiger partial charge in [0.1, 0.15) is 6.61 Å². The van der Waals surface area contributed by atoms with Gasteiger partial charge in [0.25, 0.3) is 0 Å². The van der Waals surface area contributed by atoms with Crippen molar-refractivity contribution in [1.82, 2.24) is 4.98 Å². The minimum absolute atomic E-state index is 0.00784. The highest BCUT2D eigenvalue weighted by molar-refractivity contribution is 5.84. The van der Waals surface area contributed by atoms with Gasteiger partial charge in [0.05, 0.1) is 18.5 Å². The largest absolute Gasteiger partial charge is 0.447 e. The lowest BCUT2D eigenvalue weighted by Gasteiger charge is -2.04. The second kappa shape index (κ2) is 5.10. The molecule has 0 fully saturated rings. The van der Waals surface area contributed by atoms with Crippen molar-refractivity contribution in [3.63, 3.8) is 0 Å². The van der Waals surface area contributed by atoms with Gasteiger partial charge in [-0.3, -0.25) is 10.3 Å². The Hall–Kier alpha value is -1.62. The Morgan fingerprint density at radius 1 is 1.69 bits per heavy atom. The molecule has 13 heavy (non-hydrogen) atoms. The molecule has 1 rings (SSSR count). The summed E-state index contributed by atoms with van der Waals surface area (Å²) in [6.07, 6.45) is 2.51. The number of carbonyl (C=O) groups is 1. The molecule has 0 radical (unpaired) electrons. The molecule has 0 aromatic carbocycles. The van der Waals surface area contributed by atoms with Gasteiger partial charge in [-0.05, 0) is 12.1 Å². The van der Waals surface area contributed by atoms with Crippen molar-refractivity contribution in [1.29, 1.82) is 0 Å². The molecule has 0 bridgehead atoms. The van der Waals surface area contributed by atoms with Gasteiger partial charge >= 0.3 is 6.09 Å². The normalized spacial score (nSPS) is 9.31. The van der Waals surface area contributed by atoms with Crippen molar-refractivity contribution in [2.45, 2.75) is 0 Å². The van der Waals surface area contributed by atoms with E-state index in [0.29, 0.717) is 5.69 Å². The molecule has 1 aromatic heterocycles. The quantitative estimate of drug-likeness (QED) is 0.718. The van der Waals surface area contributed by atoms with Gasteiger partial charge in [-0.2, -0.15) is 0 Å². The number of carbonyl (C=O) groups excluding carboxylic acids is 1. The zero-order chi connectivity index (χ0) is 9.52. The molecule has 0 aliphatic rings. The summed E-state index contributed by atoms with van der Waals surface area (Å²) >= 11 is 0. The Morgan fingerprint density at radius 3 is 3.15 bits per heavy atom. The third-order valence-corrected chi connectivity index (χ3v) is 1.23. The number of ether oxygens (including phenoxy) is 1. The van der Waals surface area contributed by atoms with Crippen molar-refractivity contribution < 1.29 is 14.6 Å². The van der Waals surface area contributed by atoms with E-state index in [2.05, 4.69) is 15.0 Å². The lowest BCUT2D eigenvalue weighted by Crippen LogP contribution is -2.15. The molecule has 0 spiro atoms. The van der Waals surface area contributed by atoms with Crippen LogP contribution in [0.2, 0.25) is 0 Å². The summed E-state index contributed by atoms with van der Waals surface area (Å²) in [7, 11) is 0. The van der Waals surface area contributed by atoms with Crippen LogP contribution in [-0.4, -0.2) is 29.4 Å². The van der Waals surface area contributed by atoms with E-state index in [1.54, 1.807) is 18.3 Å². The van der Waals surface area contributed by atoms with Crippen molar-refractivity contribution >= 4 is 11.8 Å². The summed E-state index contributed by atoms with van der Waals surface area (Å²) in [5.41, 5.74) is 0.561. The molecule has 0 atom stereocenters. The molecular formula is C8H10N2O3. The average Bonchev–Trinajstić information content (AvgIpc) is 2.16. The fourth-order valence-electron chi connectivity index (χ4n) is 0.729. The van der Waals surface area contributed by atoms with Crippen LogP contribution < -0.4 is 5.32 Å². The molecule has 1 amide bonds. The Bertz CT molecular complexity index is 263. The van der Waals surface area contributed by atoms with Gasteiger partial charge in [0.15, 0.2) is 0 Å². The minimum Gasteiger partial charge on any atom is -0.447 e. The fraction of sp³-hybridized carbons (Fsp3) is 0.250. The van der Waals surface area contributed by atoms with Crippen molar-refractivity contribution in [3.8, 4) is 0 Å². The van der Waals surface area contributed by atoms with Crippen LogP contribution in [0.15, 0.2) is 24.5 Å². The van der Waals surface area contributed by atoms with E-state index >= 15 is 0 Å². The number of nitrogens with one attached hydrogen (secondary N) is 1. The molecule has 5 nitrogen and oxygen atoms in total. The minimum atomic E-state index is -0.595. The molecule has 1 aromatic rings. The number of hydrogen-bond donors (Lipinski definition) is 2. The number of rotatable bonds is 3. The molecule has 5 heteroatoms. The number of aliphatic hydroxyl groups excluding tert-OH is 1. The Kier molecular flexibility index (Phi) is 3.72. The number of nitrogens with zero attached hydrogens (tertiary/aromatic N) is 1. The van der Waals surface area contributed by atoms with E-state index in [1.165, 1.54) is 6.20 Å². The van der Waals surface area contributed by atoms with Gasteiger partial charge in [-0.25, -0.2) is 4.79 Å².